The molecule has 0 unspecified atom stereocenters. The summed E-state index contributed by atoms with van der Waals surface area (Å²) in [6.07, 6.45) is 0. The lowest BCUT2D eigenvalue weighted by Crippen LogP contribution is -2.23. The van der Waals surface area contributed by atoms with Crippen molar-refractivity contribution in [2.45, 2.75) is 19.8 Å². The normalized spacial score (nSPS) is 10.6. The molecule has 0 saturated carbocycles. The molecule has 1 N–H and O–H groups in total. The predicted molar refractivity (Wildman–Crippen MR) is 120 cm³/mol. The molecule has 0 aliphatic rings. The van der Waals surface area contributed by atoms with Crippen LogP contribution in [-0.2, 0) is 14.3 Å². The number of hydrogen-bond donors (Lipinski definition) is 1. The first-order valence-corrected chi connectivity index (χ1v) is 10.6. The van der Waals surface area contributed by atoms with Gasteiger partial charge in [0.25, 0.3) is 0 Å². The maximum atomic E-state index is 13.4. The SMILES string of the molecule is CCOC(=O)c1sc(NC(=O)C(c2ccccc2)c2ccccc2)c(C(=O)OC)c1C. The molecule has 0 saturated heterocycles. The van der Waals surface area contributed by atoms with Gasteiger partial charge in [-0.25, -0.2) is 9.59 Å². The van der Waals surface area contributed by atoms with Gasteiger partial charge in [0.2, 0.25) is 5.91 Å². The molecule has 1 heterocycles. The van der Waals surface area contributed by atoms with Crippen molar-refractivity contribution >= 4 is 34.2 Å². The highest BCUT2D eigenvalue weighted by atomic mass is 32.1. The van der Waals surface area contributed by atoms with Crippen LogP contribution in [0.2, 0.25) is 0 Å². The zero-order chi connectivity index (χ0) is 22.4. The Kier molecular flexibility index (Phi) is 7.20. The van der Waals surface area contributed by atoms with E-state index in [1.54, 1.807) is 13.8 Å². The van der Waals surface area contributed by atoms with E-state index in [4.69, 9.17) is 9.47 Å². The second kappa shape index (κ2) is 10.0. The van der Waals surface area contributed by atoms with E-state index in [-0.39, 0.29) is 28.0 Å². The van der Waals surface area contributed by atoms with E-state index in [0.717, 1.165) is 22.5 Å². The highest BCUT2D eigenvalue weighted by Gasteiger charge is 2.29. The minimum atomic E-state index is -0.629. The van der Waals surface area contributed by atoms with Gasteiger partial charge in [-0.15, -0.1) is 11.3 Å². The summed E-state index contributed by atoms with van der Waals surface area (Å²) in [6, 6.07) is 18.7. The summed E-state index contributed by atoms with van der Waals surface area (Å²) >= 11 is 1.01. The molecule has 1 aromatic heterocycles. The number of methoxy groups -OCH3 is 1. The third kappa shape index (κ3) is 4.83. The molecule has 6 nitrogen and oxygen atoms in total. The van der Waals surface area contributed by atoms with Crippen molar-refractivity contribution < 1.29 is 23.9 Å². The number of benzene rings is 2. The van der Waals surface area contributed by atoms with Crippen LogP contribution in [0.3, 0.4) is 0 Å². The molecule has 0 atom stereocenters. The summed E-state index contributed by atoms with van der Waals surface area (Å²) in [5, 5.41) is 3.11. The van der Waals surface area contributed by atoms with Gasteiger partial charge >= 0.3 is 11.9 Å². The topological polar surface area (TPSA) is 81.7 Å². The quantitative estimate of drug-likeness (QED) is 0.538. The maximum Gasteiger partial charge on any atom is 0.348 e. The smallest absolute Gasteiger partial charge is 0.348 e. The van der Waals surface area contributed by atoms with Gasteiger partial charge < -0.3 is 14.8 Å². The highest BCUT2D eigenvalue weighted by molar-refractivity contribution is 7.18. The van der Waals surface area contributed by atoms with Crippen molar-refractivity contribution in [2.24, 2.45) is 0 Å². The van der Waals surface area contributed by atoms with Crippen LogP contribution >= 0.6 is 11.3 Å². The van der Waals surface area contributed by atoms with Gasteiger partial charge in [0, 0.05) is 0 Å². The lowest BCUT2D eigenvalue weighted by Gasteiger charge is -2.18. The summed E-state index contributed by atoms with van der Waals surface area (Å²) in [5.41, 5.74) is 2.19. The first kappa shape index (κ1) is 22.2. The third-order valence-corrected chi connectivity index (χ3v) is 5.95. The Morgan fingerprint density at radius 3 is 1.97 bits per heavy atom. The largest absolute Gasteiger partial charge is 0.465 e. The number of carbonyl (C=O) groups excluding carboxylic acids is 3. The van der Waals surface area contributed by atoms with E-state index in [9.17, 15) is 14.4 Å². The Labute approximate surface area is 184 Å². The maximum absolute atomic E-state index is 13.4. The minimum absolute atomic E-state index is 0.156. The molecule has 0 aliphatic carbocycles. The zero-order valence-corrected chi connectivity index (χ0v) is 18.3. The van der Waals surface area contributed by atoms with Crippen LogP contribution < -0.4 is 5.32 Å². The number of esters is 2. The van der Waals surface area contributed by atoms with Crippen LogP contribution in [-0.4, -0.2) is 31.6 Å². The van der Waals surface area contributed by atoms with Crippen LogP contribution in [0.5, 0.6) is 0 Å². The Morgan fingerprint density at radius 2 is 1.48 bits per heavy atom. The first-order chi connectivity index (χ1) is 15.0. The van der Waals surface area contributed by atoms with Gasteiger partial charge in [-0.3, -0.25) is 4.79 Å². The molecule has 31 heavy (non-hydrogen) atoms. The molecule has 0 radical (unpaired) electrons. The average Bonchev–Trinajstić information content (AvgIpc) is 3.10. The van der Waals surface area contributed by atoms with Gasteiger partial charge in [0.1, 0.15) is 9.88 Å². The molecular formula is C24H23NO5S. The van der Waals surface area contributed by atoms with E-state index in [0.29, 0.717) is 5.56 Å². The fourth-order valence-electron chi connectivity index (χ4n) is 3.31. The van der Waals surface area contributed by atoms with E-state index < -0.39 is 17.9 Å². The minimum Gasteiger partial charge on any atom is -0.465 e. The Morgan fingerprint density at radius 1 is 0.935 bits per heavy atom. The number of carbonyl (C=O) groups is 3. The Balaban J connectivity index is 2.03. The molecule has 0 aliphatic heterocycles. The molecule has 0 bridgehead atoms. The number of hydrogen-bond acceptors (Lipinski definition) is 6. The zero-order valence-electron chi connectivity index (χ0n) is 17.5. The van der Waals surface area contributed by atoms with E-state index in [1.807, 2.05) is 60.7 Å². The standard InChI is InChI=1S/C24H23NO5S/c1-4-30-24(28)20-15(2)18(23(27)29-3)22(31-20)25-21(26)19(16-11-7-5-8-12-16)17-13-9-6-10-14-17/h5-14,19H,4H2,1-3H3,(H,25,26). The molecular weight excluding hydrogens is 414 g/mol. The molecule has 160 valence electrons. The molecule has 3 rings (SSSR count). The van der Waals surface area contributed by atoms with Crippen molar-refractivity contribution in [1.82, 2.24) is 0 Å². The van der Waals surface area contributed by atoms with E-state index >= 15 is 0 Å². The van der Waals surface area contributed by atoms with Crippen LogP contribution in [0.4, 0.5) is 5.00 Å². The lowest BCUT2D eigenvalue weighted by atomic mass is 9.90. The number of nitrogens with one attached hydrogen (secondary N) is 1. The number of ether oxygens (including phenoxy) is 2. The summed E-state index contributed by atoms with van der Waals surface area (Å²) < 4.78 is 9.97. The molecule has 3 aromatic rings. The van der Waals surface area contributed by atoms with Crippen LogP contribution in [0.1, 0.15) is 49.6 Å². The van der Waals surface area contributed by atoms with E-state index in [2.05, 4.69) is 5.32 Å². The summed E-state index contributed by atoms with van der Waals surface area (Å²) in [5.74, 6) is -2.09. The van der Waals surface area contributed by atoms with Gasteiger partial charge in [0.05, 0.1) is 25.2 Å². The number of rotatable bonds is 7. The Hall–Kier alpha value is -3.45. The van der Waals surface area contributed by atoms with Gasteiger partial charge in [-0.05, 0) is 30.5 Å². The molecule has 7 heteroatoms. The van der Waals surface area contributed by atoms with Gasteiger partial charge in [-0.2, -0.15) is 0 Å². The second-order valence-corrected chi connectivity index (χ2v) is 7.74. The highest BCUT2D eigenvalue weighted by Crippen LogP contribution is 2.36. The molecule has 0 spiro atoms. The fourth-order valence-corrected chi connectivity index (χ4v) is 4.40. The lowest BCUT2D eigenvalue weighted by molar-refractivity contribution is -0.116. The van der Waals surface area contributed by atoms with Crippen molar-refractivity contribution in [2.75, 3.05) is 19.0 Å². The number of thiophene rings is 1. The summed E-state index contributed by atoms with van der Waals surface area (Å²) in [7, 11) is 1.26. The average molecular weight is 438 g/mol. The van der Waals surface area contributed by atoms with Crippen LogP contribution in [0.15, 0.2) is 60.7 Å². The molecule has 1 amide bonds. The number of amides is 1. The van der Waals surface area contributed by atoms with Crippen LogP contribution in [0.25, 0.3) is 0 Å². The monoisotopic (exact) mass is 437 g/mol. The third-order valence-electron chi connectivity index (χ3n) is 4.76. The van der Waals surface area contributed by atoms with Crippen molar-refractivity contribution in [1.29, 1.82) is 0 Å². The van der Waals surface area contributed by atoms with E-state index in [1.165, 1.54) is 7.11 Å². The molecule has 2 aromatic carbocycles. The second-order valence-electron chi connectivity index (χ2n) is 6.72. The van der Waals surface area contributed by atoms with Crippen molar-refractivity contribution in [3.05, 3.63) is 87.8 Å². The first-order valence-electron chi connectivity index (χ1n) is 9.77. The van der Waals surface area contributed by atoms with Gasteiger partial charge in [0.15, 0.2) is 0 Å². The van der Waals surface area contributed by atoms with Crippen molar-refractivity contribution in [3.63, 3.8) is 0 Å². The predicted octanol–water partition coefficient (Wildman–Crippen LogP) is 4.79. The summed E-state index contributed by atoms with van der Waals surface area (Å²) in [4.78, 5) is 38.4. The number of anilines is 1. The van der Waals surface area contributed by atoms with Crippen molar-refractivity contribution in [3.8, 4) is 0 Å². The van der Waals surface area contributed by atoms with Gasteiger partial charge in [-0.1, -0.05) is 60.7 Å². The van der Waals surface area contributed by atoms with Crippen LogP contribution in [0, 0.1) is 6.92 Å². The fraction of sp³-hybridized carbons (Fsp3) is 0.208. The summed E-state index contributed by atoms with van der Waals surface area (Å²) in [6.45, 7) is 3.54. The Bertz CT molecular complexity index is 1040. The molecule has 0 fully saturated rings.